The summed E-state index contributed by atoms with van der Waals surface area (Å²) in [7, 11) is 3.02. The number of carbonyl (C=O) groups is 1. The molecule has 0 fully saturated rings. The van der Waals surface area contributed by atoms with Crippen molar-refractivity contribution in [2.45, 2.75) is 31.6 Å². The molecule has 0 saturated heterocycles. The van der Waals surface area contributed by atoms with Crippen molar-refractivity contribution in [1.29, 1.82) is 0 Å². The second kappa shape index (κ2) is 7.65. The molecule has 0 radical (unpaired) electrons. The molecule has 0 aliphatic rings. The Balaban J connectivity index is 2.68. The van der Waals surface area contributed by atoms with Crippen molar-refractivity contribution in [3.63, 3.8) is 0 Å². The highest BCUT2D eigenvalue weighted by molar-refractivity contribution is 8.00. The lowest BCUT2D eigenvalue weighted by Gasteiger charge is -2.13. The smallest absolute Gasteiger partial charge is 0.332 e. The summed E-state index contributed by atoms with van der Waals surface area (Å²) in [5.74, 6) is -0.230. The fraction of sp³-hybridized carbons (Fsp3) is 0.500. The van der Waals surface area contributed by atoms with Gasteiger partial charge in [-0.2, -0.15) is 0 Å². The van der Waals surface area contributed by atoms with Crippen LogP contribution in [-0.2, 0) is 30.0 Å². The molecule has 2 heterocycles. The molecule has 130 valence electrons. The van der Waals surface area contributed by atoms with Gasteiger partial charge in [0.1, 0.15) is 5.65 Å². The predicted octanol–water partition coefficient (Wildman–Crippen LogP) is 1.24. The minimum Gasteiger partial charge on any atom is -0.465 e. The van der Waals surface area contributed by atoms with Crippen LogP contribution in [0.3, 0.4) is 0 Å². The van der Waals surface area contributed by atoms with Crippen LogP contribution in [-0.4, -0.2) is 32.4 Å². The average Bonchev–Trinajstić information content (AvgIpc) is 2.57. The number of thioether (sulfide) groups is 1. The average molecular weight is 351 g/mol. The molecule has 0 atom stereocenters. The molecule has 7 nitrogen and oxygen atoms in total. The highest BCUT2D eigenvalue weighted by atomic mass is 32.2. The van der Waals surface area contributed by atoms with E-state index in [1.165, 1.54) is 23.4 Å². The summed E-state index contributed by atoms with van der Waals surface area (Å²) >= 11 is 1.26. The van der Waals surface area contributed by atoms with Gasteiger partial charge < -0.3 is 4.74 Å². The van der Waals surface area contributed by atoms with Crippen molar-refractivity contribution >= 4 is 28.8 Å². The largest absolute Gasteiger partial charge is 0.465 e. The van der Waals surface area contributed by atoms with Gasteiger partial charge in [-0.25, -0.2) is 9.78 Å². The summed E-state index contributed by atoms with van der Waals surface area (Å²) in [5.41, 5.74) is 0.402. The van der Waals surface area contributed by atoms with Gasteiger partial charge in [0.2, 0.25) is 0 Å². The second-order valence-corrected chi connectivity index (χ2v) is 6.35. The van der Waals surface area contributed by atoms with Gasteiger partial charge in [0.15, 0.2) is 0 Å². The van der Waals surface area contributed by atoms with E-state index in [1.807, 2.05) is 6.92 Å². The Hall–Kier alpha value is -2.09. The van der Waals surface area contributed by atoms with Gasteiger partial charge in [0.25, 0.3) is 5.56 Å². The minimum absolute atomic E-state index is 0.107. The molecule has 0 aliphatic carbocycles. The molecule has 8 heteroatoms. The van der Waals surface area contributed by atoms with Gasteiger partial charge in [0.05, 0.1) is 17.7 Å². The van der Waals surface area contributed by atoms with Gasteiger partial charge in [-0.3, -0.25) is 18.7 Å². The molecule has 0 unspecified atom stereocenters. The van der Waals surface area contributed by atoms with Crippen molar-refractivity contribution in [3.05, 3.63) is 32.6 Å². The molecular formula is C16H21N3O4S. The van der Waals surface area contributed by atoms with Gasteiger partial charge in [-0.1, -0.05) is 13.3 Å². The Kier molecular flexibility index (Phi) is 5.82. The molecule has 24 heavy (non-hydrogen) atoms. The molecule has 0 N–H and O–H groups in total. The Bertz CT molecular complexity index is 885. The third-order valence-corrected chi connectivity index (χ3v) is 4.79. The molecule has 0 bridgehead atoms. The number of hydrogen-bond acceptors (Lipinski definition) is 6. The fourth-order valence-corrected chi connectivity index (χ4v) is 3.50. The number of pyridine rings is 1. The third kappa shape index (κ3) is 3.38. The topological polar surface area (TPSA) is 83.2 Å². The number of carbonyl (C=O) groups excluding carboxylic acids is 1. The summed E-state index contributed by atoms with van der Waals surface area (Å²) in [4.78, 5) is 41.4. The third-order valence-electron chi connectivity index (χ3n) is 3.65. The number of aromatic nitrogens is 3. The summed E-state index contributed by atoms with van der Waals surface area (Å²) in [6.45, 7) is 4.09. The first-order chi connectivity index (χ1) is 11.4. The van der Waals surface area contributed by atoms with Crippen LogP contribution >= 0.6 is 11.8 Å². The van der Waals surface area contributed by atoms with Crippen molar-refractivity contribution in [1.82, 2.24) is 14.1 Å². The van der Waals surface area contributed by atoms with Crippen molar-refractivity contribution in [2.24, 2.45) is 14.1 Å². The number of rotatable bonds is 6. The molecule has 2 aromatic rings. The minimum atomic E-state index is -0.426. The first-order valence-corrected chi connectivity index (χ1v) is 8.76. The highest BCUT2D eigenvalue weighted by Crippen LogP contribution is 2.29. The molecule has 0 saturated carbocycles. The molecule has 0 amide bonds. The number of fused-ring (bicyclic) bond motifs is 1. The zero-order valence-electron chi connectivity index (χ0n) is 14.3. The number of nitrogens with zero attached hydrogens (tertiary/aromatic N) is 3. The van der Waals surface area contributed by atoms with Crippen LogP contribution in [0.1, 0.15) is 25.8 Å². The van der Waals surface area contributed by atoms with Crippen LogP contribution < -0.4 is 11.2 Å². The molecular weight excluding hydrogens is 330 g/mol. The van der Waals surface area contributed by atoms with Crippen molar-refractivity contribution < 1.29 is 9.53 Å². The van der Waals surface area contributed by atoms with Gasteiger partial charge >= 0.3 is 11.7 Å². The number of hydrogen-bond donors (Lipinski definition) is 0. The van der Waals surface area contributed by atoms with Crippen LogP contribution in [0.15, 0.2) is 20.7 Å². The zero-order valence-corrected chi connectivity index (χ0v) is 15.1. The number of esters is 1. The molecule has 0 spiro atoms. The van der Waals surface area contributed by atoms with Crippen molar-refractivity contribution in [3.8, 4) is 0 Å². The van der Waals surface area contributed by atoms with E-state index in [4.69, 9.17) is 4.74 Å². The van der Waals surface area contributed by atoms with E-state index < -0.39 is 11.2 Å². The normalized spacial score (nSPS) is 11.0. The van der Waals surface area contributed by atoms with E-state index in [-0.39, 0.29) is 11.7 Å². The van der Waals surface area contributed by atoms with Crippen molar-refractivity contribution in [2.75, 3.05) is 12.4 Å². The highest BCUT2D eigenvalue weighted by Gasteiger charge is 2.18. The number of ether oxygens (including phenoxy) is 1. The maximum Gasteiger partial charge on any atom is 0.332 e. The summed E-state index contributed by atoms with van der Waals surface area (Å²) < 4.78 is 7.37. The van der Waals surface area contributed by atoms with E-state index in [0.717, 1.165) is 23.0 Å². The van der Waals surface area contributed by atoms with Crippen LogP contribution in [0, 0.1) is 0 Å². The second-order valence-electron chi connectivity index (χ2n) is 5.36. The standard InChI is InChI=1S/C16H21N3O4S/c1-5-7-10-8-17-14-12(13(10)24-9-11(20)23-6-2)15(21)19(4)16(22)18(14)3/h8H,5-7,9H2,1-4H3. The zero-order chi connectivity index (χ0) is 17.9. The SMILES string of the molecule is CCCc1cnc2c(c1SCC(=O)OCC)c(=O)n(C)c(=O)n2C. The lowest BCUT2D eigenvalue weighted by molar-refractivity contribution is -0.139. The Morgan fingerprint density at radius 1 is 1.25 bits per heavy atom. The monoisotopic (exact) mass is 351 g/mol. The van der Waals surface area contributed by atoms with E-state index in [2.05, 4.69) is 4.98 Å². The van der Waals surface area contributed by atoms with Crippen LogP contribution in [0.5, 0.6) is 0 Å². The van der Waals surface area contributed by atoms with Crippen LogP contribution in [0.2, 0.25) is 0 Å². The molecule has 2 rings (SSSR count). The maximum atomic E-state index is 12.6. The van der Waals surface area contributed by atoms with Gasteiger partial charge in [0, 0.05) is 25.2 Å². The van der Waals surface area contributed by atoms with Crippen LogP contribution in [0.4, 0.5) is 0 Å². The summed E-state index contributed by atoms with van der Waals surface area (Å²) in [6, 6.07) is 0. The van der Waals surface area contributed by atoms with Gasteiger partial charge in [-0.15, -0.1) is 11.8 Å². The van der Waals surface area contributed by atoms with E-state index in [9.17, 15) is 14.4 Å². The van der Waals surface area contributed by atoms with Gasteiger partial charge in [-0.05, 0) is 18.9 Å². The fourth-order valence-electron chi connectivity index (χ4n) is 2.49. The predicted molar refractivity (Wildman–Crippen MR) is 93.6 cm³/mol. The Labute approximate surface area is 143 Å². The first kappa shape index (κ1) is 18.3. The molecule has 0 aliphatic heterocycles. The quantitative estimate of drug-likeness (QED) is 0.575. The lowest BCUT2D eigenvalue weighted by atomic mass is 10.1. The lowest BCUT2D eigenvalue weighted by Crippen LogP contribution is -2.37. The van der Waals surface area contributed by atoms with E-state index in [1.54, 1.807) is 20.2 Å². The maximum absolute atomic E-state index is 12.6. The van der Waals surface area contributed by atoms with E-state index in [0.29, 0.717) is 22.5 Å². The van der Waals surface area contributed by atoms with E-state index >= 15 is 0 Å². The van der Waals surface area contributed by atoms with Crippen LogP contribution in [0.25, 0.3) is 11.0 Å². The number of aryl methyl sites for hydroxylation is 2. The first-order valence-electron chi connectivity index (χ1n) is 7.78. The summed E-state index contributed by atoms with van der Waals surface area (Å²) in [5, 5.41) is 0.375. The summed E-state index contributed by atoms with van der Waals surface area (Å²) in [6.07, 6.45) is 3.30. The molecule has 2 aromatic heterocycles. The Morgan fingerprint density at radius 2 is 1.96 bits per heavy atom. The Morgan fingerprint density at radius 3 is 2.58 bits per heavy atom. The molecule has 0 aromatic carbocycles.